The smallest absolute Gasteiger partial charge is 0.0560 e. The van der Waals surface area contributed by atoms with E-state index >= 15 is 0 Å². The SMILES string of the molecule is Cc1ccc(C)c(NI)c1. The summed E-state index contributed by atoms with van der Waals surface area (Å²) in [6, 6.07) is 6.38. The molecule has 1 rings (SSSR count). The van der Waals surface area contributed by atoms with E-state index < -0.39 is 0 Å². The minimum Gasteiger partial charge on any atom is -0.328 e. The predicted molar refractivity (Wildman–Crippen MR) is 53.6 cm³/mol. The second-order valence-corrected chi connectivity index (χ2v) is 2.95. The molecule has 0 aromatic heterocycles. The third-order valence-corrected chi connectivity index (χ3v) is 2.08. The summed E-state index contributed by atoms with van der Waals surface area (Å²) < 4.78 is 3.11. The summed E-state index contributed by atoms with van der Waals surface area (Å²) in [6.07, 6.45) is 0. The number of nitrogens with one attached hydrogen (secondary N) is 1. The van der Waals surface area contributed by atoms with Gasteiger partial charge in [0.15, 0.2) is 0 Å². The summed E-state index contributed by atoms with van der Waals surface area (Å²) in [7, 11) is 0. The highest BCUT2D eigenvalue weighted by atomic mass is 127. The van der Waals surface area contributed by atoms with Crippen molar-refractivity contribution in [2.75, 3.05) is 3.53 Å². The van der Waals surface area contributed by atoms with Crippen molar-refractivity contribution in [3.8, 4) is 0 Å². The molecule has 0 fully saturated rings. The molecule has 0 saturated carbocycles. The number of anilines is 1. The Kier molecular flexibility index (Phi) is 2.54. The molecule has 1 aromatic rings. The summed E-state index contributed by atoms with van der Waals surface area (Å²) >= 11 is 2.15. The monoisotopic (exact) mass is 247 g/mol. The quantitative estimate of drug-likeness (QED) is 0.594. The van der Waals surface area contributed by atoms with Crippen molar-refractivity contribution in [3.63, 3.8) is 0 Å². The van der Waals surface area contributed by atoms with Gasteiger partial charge in [-0.1, -0.05) is 12.1 Å². The zero-order valence-electron chi connectivity index (χ0n) is 6.11. The van der Waals surface area contributed by atoms with Crippen LogP contribution in [0.3, 0.4) is 0 Å². The first-order chi connectivity index (χ1) is 4.74. The average Bonchev–Trinajstić information content (AvgIpc) is 1.94. The molecule has 0 aliphatic carbocycles. The maximum atomic E-state index is 3.11. The minimum atomic E-state index is 1.21. The fourth-order valence-electron chi connectivity index (χ4n) is 0.838. The third-order valence-electron chi connectivity index (χ3n) is 1.49. The first kappa shape index (κ1) is 7.85. The first-order valence-electron chi connectivity index (χ1n) is 3.18. The predicted octanol–water partition coefficient (Wildman–Crippen LogP) is 3.07. The summed E-state index contributed by atoms with van der Waals surface area (Å²) in [4.78, 5) is 0. The van der Waals surface area contributed by atoms with Crippen LogP contribution < -0.4 is 3.53 Å². The molecule has 0 atom stereocenters. The van der Waals surface area contributed by atoms with Gasteiger partial charge >= 0.3 is 0 Å². The maximum absolute atomic E-state index is 3.11. The van der Waals surface area contributed by atoms with Crippen molar-refractivity contribution >= 4 is 28.6 Å². The molecule has 10 heavy (non-hydrogen) atoms. The number of hydrogen-bond donors (Lipinski definition) is 1. The van der Waals surface area contributed by atoms with Crippen LogP contribution >= 0.6 is 22.9 Å². The molecule has 0 bridgehead atoms. The highest BCUT2D eigenvalue weighted by Gasteiger charge is 1.93. The molecule has 0 amide bonds. The van der Waals surface area contributed by atoms with Gasteiger partial charge in [0.2, 0.25) is 0 Å². The van der Waals surface area contributed by atoms with Crippen molar-refractivity contribution in [1.29, 1.82) is 0 Å². The number of rotatable bonds is 1. The Labute approximate surface area is 75.3 Å². The Morgan fingerprint density at radius 1 is 1.30 bits per heavy atom. The Morgan fingerprint density at radius 2 is 2.00 bits per heavy atom. The lowest BCUT2D eigenvalue weighted by Gasteiger charge is -2.03. The molecule has 0 heterocycles. The third kappa shape index (κ3) is 1.62. The van der Waals surface area contributed by atoms with Gasteiger partial charge in [0.25, 0.3) is 0 Å². The minimum absolute atomic E-state index is 1.21. The average molecular weight is 247 g/mol. The van der Waals surface area contributed by atoms with E-state index in [4.69, 9.17) is 0 Å². The van der Waals surface area contributed by atoms with Crippen LogP contribution in [0.25, 0.3) is 0 Å². The highest BCUT2D eigenvalue weighted by molar-refractivity contribution is 14.1. The van der Waals surface area contributed by atoms with Crippen molar-refractivity contribution < 1.29 is 0 Å². The number of halogens is 1. The van der Waals surface area contributed by atoms with Gasteiger partial charge in [0, 0.05) is 5.69 Å². The molecule has 1 N–H and O–H groups in total. The van der Waals surface area contributed by atoms with Gasteiger partial charge in [-0.3, -0.25) is 0 Å². The van der Waals surface area contributed by atoms with Crippen LogP contribution in [-0.4, -0.2) is 0 Å². The highest BCUT2D eigenvalue weighted by Crippen LogP contribution is 2.17. The normalized spacial score (nSPS) is 9.50. The maximum Gasteiger partial charge on any atom is 0.0560 e. The molecule has 0 aliphatic heterocycles. The van der Waals surface area contributed by atoms with Crippen molar-refractivity contribution in [2.24, 2.45) is 0 Å². The lowest BCUT2D eigenvalue weighted by molar-refractivity contribution is 1.40. The van der Waals surface area contributed by atoms with Crippen LogP contribution in [0.1, 0.15) is 11.1 Å². The standard InChI is InChI=1S/C8H10IN/c1-6-3-4-7(2)8(5-6)10-9/h3-5,10H,1-2H3. The summed E-state index contributed by atoms with van der Waals surface area (Å²) in [6.45, 7) is 4.19. The van der Waals surface area contributed by atoms with E-state index in [2.05, 4.69) is 58.4 Å². The van der Waals surface area contributed by atoms with Crippen LogP contribution in [0, 0.1) is 13.8 Å². The van der Waals surface area contributed by atoms with Gasteiger partial charge in [-0.15, -0.1) is 0 Å². The van der Waals surface area contributed by atoms with Crippen LogP contribution in [-0.2, 0) is 0 Å². The fraction of sp³-hybridized carbons (Fsp3) is 0.250. The molecule has 1 nitrogen and oxygen atoms in total. The second kappa shape index (κ2) is 3.23. The molecule has 0 radical (unpaired) electrons. The molecule has 0 unspecified atom stereocenters. The molecular weight excluding hydrogens is 237 g/mol. The van der Waals surface area contributed by atoms with Gasteiger partial charge in [-0.05, 0) is 31.0 Å². The Bertz CT molecular complexity index is 233. The molecule has 0 saturated heterocycles. The van der Waals surface area contributed by atoms with Gasteiger partial charge in [0.1, 0.15) is 0 Å². The Balaban J connectivity index is 3.09. The van der Waals surface area contributed by atoms with Crippen LogP contribution in [0.15, 0.2) is 18.2 Å². The van der Waals surface area contributed by atoms with Crippen LogP contribution in [0.4, 0.5) is 5.69 Å². The fourth-order valence-corrected chi connectivity index (χ4v) is 1.42. The van der Waals surface area contributed by atoms with Crippen molar-refractivity contribution in [1.82, 2.24) is 0 Å². The lowest BCUT2D eigenvalue weighted by Crippen LogP contribution is -1.84. The van der Waals surface area contributed by atoms with Crippen LogP contribution in [0.5, 0.6) is 0 Å². The van der Waals surface area contributed by atoms with Crippen LogP contribution in [0.2, 0.25) is 0 Å². The van der Waals surface area contributed by atoms with Gasteiger partial charge in [-0.2, -0.15) is 0 Å². The molecule has 1 aromatic carbocycles. The molecule has 2 heteroatoms. The summed E-state index contributed by atoms with van der Waals surface area (Å²) in [5, 5.41) is 0. The molecular formula is C8H10IN. The van der Waals surface area contributed by atoms with Gasteiger partial charge in [-0.25, -0.2) is 0 Å². The number of benzene rings is 1. The van der Waals surface area contributed by atoms with E-state index in [-0.39, 0.29) is 0 Å². The second-order valence-electron chi connectivity index (χ2n) is 2.41. The van der Waals surface area contributed by atoms with E-state index in [1.165, 1.54) is 16.8 Å². The van der Waals surface area contributed by atoms with Crippen molar-refractivity contribution in [3.05, 3.63) is 29.3 Å². The van der Waals surface area contributed by atoms with Crippen molar-refractivity contribution in [2.45, 2.75) is 13.8 Å². The summed E-state index contributed by atoms with van der Waals surface area (Å²) in [5.41, 5.74) is 3.80. The summed E-state index contributed by atoms with van der Waals surface area (Å²) in [5.74, 6) is 0. The first-order valence-corrected chi connectivity index (χ1v) is 4.26. The van der Waals surface area contributed by atoms with Gasteiger partial charge < -0.3 is 3.53 Å². The number of aryl methyl sites for hydroxylation is 2. The van der Waals surface area contributed by atoms with E-state index in [0.717, 1.165) is 0 Å². The zero-order valence-corrected chi connectivity index (χ0v) is 8.27. The van der Waals surface area contributed by atoms with Gasteiger partial charge in [0.05, 0.1) is 22.9 Å². The van der Waals surface area contributed by atoms with E-state index in [1.54, 1.807) is 0 Å². The number of hydrogen-bond acceptors (Lipinski definition) is 1. The lowest BCUT2D eigenvalue weighted by atomic mass is 10.1. The molecule has 0 spiro atoms. The molecule has 54 valence electrons. The van der Waals surface area contributed by atoms with E-state index in [9.17, 15) is 0 Å². The topological polar surface area (TPSA) is 12.0 Å². The Morgan fingerprint density at radius 3 is 2.50 bits per heavy atom. The van der Waals surface area contributed by atoms with E-state index in [0.29, 0.717) is 0 Å². The largest absolute Gasteiger partial charge is 0.328 e. The zero-order chi connectivity index (χ0) is 7.56. The Hall–Kier alpha value is -0.250. The van der Waals surface area contributed by atoms with E-state index in [1.807, 2.05) is 0 Å². The molecule has 0 aliphatic rings.